The molecule has 23 heavy (non-hydrogen) atoms. The van der Waals surface area contributed by atoms with Gasteiger partial charge in [0.15, 0.2) is 0 Å². The maximum absolute atomic E-state index is 13.0. The summed E-state index contributed by atoms with van der Waals surface area (Å²) in [4.78, 5) is 13.3. The molecule has 1 amide bonds. The third-order valence-electron chi connectivity index (χ3n) is 3.55. The smallest absolute Gasteiger partial charge is 0.255 e. The van der Waals surface area contributed by atoms with E-state index in [0.29, 0.717) is 5.56 Å². The predicted molar refractivity (Wildman–Crippen MR) is 91.1 cm³/mol. The highest BCUT2D eigenvalue weighted by Gasteiger charge is 2.14. The Kier molecular flexibility index (Phi) is 5.27. The molecule has 0 aliphatic carbocycles. The molecule has 1 fully saturated rings. The average molecular weight is 331 g/mol. The first kappa shape index (κ1) is 16.0. The lowest BCUT2D eigenvalue weighted by Crippen LogP contribution is -2.39. The van der Waals surface area contributed by atoms with Crippen molar-refractivity contribution in [3.63, 3.8) is 0 Å². The molecule has 4 nitrogen and oxygen atoms in total. The molecule has 2 aromatic rings. The maximum atomic E-state index is 13.0. The third kappa shape index (κ3) is 4.31. The van der Waals surface area contributed by atoms with E-state index in [4.69, 9.17) is 0 Å². The highest BCUT2D eigenvalue weighted by Crippen LogP contribution is 2.30. The minimum atomic E-state index is -0.351. The molecule has 1 aliphatic rings. The van der Waals surface area contributed by atoms with Gasteiger partial charge in [-0.1, -0.05) is 12.1 Å². The van der Waals surface area contributed by atoms with Gasteiger partial charge in [-0.25, -0.2) is 8.70 Å². The number of halogens is 1. The highest BCUT2D eigenvalue weighted by molar-refractivity contribution is 7.97. The van der Waals surface area contributed by atoms with Gasteiger partial charge in [-0.15, -0.1) is 0 Å². The van der Waals surface area contributed by atoms with Crippen LogP contribution in [-0.2, 0) is 0 Å². The van der Waals surface area contributed by atoms with Crippen LogP contribution in [0.15, 0.2) is 53.4 Å². The zero-order chi connectivity index (χ0) is 16.1. The van der Waals surface area contributed by atoms with Crippen LogP contribution in [-0.4, -0.2) is 36.4 Å². The van der Waals surface area contributed by atoms with E-state index < -0.39 is 0 Å². The number of hydrogen-bond acceptors (Lipinski definition) is 4. The van der Waals surface area contributed by atoms with Gasteiger partial charge in [0.25, 0.3) is 5.91 Å². The van der Waals surface area contributed by atoms with E-state index in [0.717, 1.165) is 36.8 Å². The SMILES string of the molecule is O=C(Nc1ccccc1SN1CCNCC1)c1ccc(F)cc1. The molecule has 0 atom stereocenters. The van der Waals surface area contributed by atoms with Gasteiger partial charge in [-0.3, -0.25) is 4.79 Å². The van der Waals surface area contributed by atoms with Crippen LogP contribution < -0.4 is 10.6 Å². The topological polar surface area (TPSA) is 44.4 Å². The molecule has 1 saturated heterocycles. The number of nitrogens with zero attached hydrogens (tertiary/aromatic N) is 1. The molecular formula is C17H18FN3OS. The molecule has 0 bridgehead atoms. The quantitative estimate of drug-likeness (QED) is 0.846. The van der Waals surface area contributed by atoms with Crippen LogP contribution in [0.2, 0.25) is 0 Å². The van der Waals surface area contributed by atoms with Crippen molar-refractivity contribution >= 4 is 23.5 Å². The zero-order valence-corrected chi connectivity index (χ0v) is 13.4. The monoisotopic (exact) mass is 331 g/mol. The molecule has 2 N–H and O–H groups in total. The molecule has 120 valence electrons. The molecule has 6 heteroatoms. The highest BCUT2D eigenvalue weighted by atomic mass is 32.2. The number of rotatable bonds is 4. The van der Waals surface area contributed by atoms with Crippen LogP contribution in [0, 0.1) is 5.82 Å². The van der Waals surface area contributed by atoms with E-state index in [1.807, 2.05) is 24.3 Å². The van der Waals surface area contributed by atoms with Gasteiger partial charge in [0.05, 0.1) is 5.69 Å². The molecule has 1 heterocycles. The minimum absolute atomic E-state index is 0.238. The van der Waals surface area contributed by atoms with E-state index in [9.17, 15) is 9.18 Å². The zero-order valence-electron chi connectivity index (χ0n) is 12.6. The Hall–Kier alpha value is -1.89. The van der Waals surface area contributed by atoms with Crippen molar-refractivity contribution in [2.24, 2.45) is 0 Å². The van der Waals surface area contributed by atoms with Crippen molar-refractivity contribution in [3.8, 4) is 0 Å². The van der Waals surface area contributed by atoms with Crippen LogP contribution in [0.5, 0.6) is 0 Å². The van der Waals surface area contributed by atoms with Crippen molar-refractivity contribution < 1.29 is 9.18 Å². The third-order valence-corrected chi connectivity index (χ3v) is 4.72. The predicted octanol–water partition coefficient (Wildman–Crippen LogP) is 2.99. The molecule has 2 aromatic carbocycles. The second-order valence-electron chi connectivity index (χ2n) is 5.23. The number of benzene rings is 2. The maximum Gasteiger partial charge on any atom is 0.255 e. The summed E-state index contributed by atoms with van der Waals surface area (Å²) in [5.41, 5.74) is 1.21. The molecular weight excluding hydrogens is 313 g/mol. The summed E-state index contributed by atoms with van der Waals surface area (Å²) in [5, 5.41) is 6.23. The van der Waals surface area contributed by atoms with Gasteiger partial charge < -0.3 is 10.6 Å². The fourth-order valence-electron chi connectivity index (χ4n) is 2.32. The Morgan fingerprint density at radius 3 is 2.52 bits per heavy atom. The van der Waals surface area contributed by atoms with Crippen LogP contribution in [0.3, 0.4) is 0 Å². The van der Waals surface area contributed by atoms with Crippen molar-refractivity contribution in [3.05, 3.63) is 59.9 Å². The fraction of sp³-hybridized carbons (Fsp3) is 0.235. The number of amides is 1. The molecule has 0 spiro atoms. The summed E-state index contributed by atoms with van der Waals surface area (Å²) in [6, 6.07) is 13.3. The number of piperazine rings is 1. The number of nitrogens with one attached hydrogen (secondary N) is 2. The lowest BCUT2D eigenvalue weighted by atomic mass is 10.2. The van der Waals surface area contributed by atoms with E-state index in [2.05, 4.69) is 14.9 Å². The fourth-order valence-corrected chi connectivity index (χ4v) is 3.32. The molecule has 0 unspecified atom stereocenters. The number of anilines is 1. The second kappa shape index (κ2) is 7.59. The van der Waals surface area contributed by atoms with Crippen molar-refractivity contribution in [2.75, 3.05) is 31.5 Å². The largest absolute Gasteiger partial charge is 0.321 e. The number of hydrogen-bond donors (Lipinski definition) is 2. The van der Waals surface area contributed by atoms with Crippen molar-refractivity contribution in [1.29, 1.82) is 0 Å². The summed E-state index contributed by atoms with van der Waals surface area (Å²) >= 11 is 1.65. The van der Waals surface area contributed by atoms with Gasteiger partial charge in [-0.05, 0) is 48.3 Å². The first-order chi connectivity index (χ1) is 11.2. The van der Waals surface area contributed by atoms with Gasteiger partial charge in [-0.2, -0.15) is 0 Å². The van der Waals surface area contributed by atoms with Crippen LogP contribution in [0.25, 0.3) is 0 Å². The molecule has 0 saturated carbocycles. The van der Waals surface area contributed by atoms with E-state index in [1.54, 1.807) is 11.9 Å². The number of carbonyl (C=O) groups is 1. The van der Waals surface area contributed by atoms with Crippen LogP contribution >= 0.6 is 11.9 Å². The lowest BCUT2D eigenvalue weighted by Gasteiger charge is -2.26. The number of para-hydroxylation sites is 1. The molecule has 0 aromatic heterocycles. The standard InChI is InChI=1S/C17H18FN3OS/c18-14-7-5-13(6-8-14)17(22)20-15-3-1-2-4-16(15)23-21-11-9-19-10-12-21/h1-8,19H,9-12H2,(H,20,22). The first-order valence-electron chi connectivity index (χ1n) is 7.52. The Morgan fingerprint density at radius 2 is 1.78 bits per heavy atom. The Labute approximate surface area is 139 Å². The first-order valence-corrected chi connectivity index (χ1v) is 8.29. The average Bonchev–Trinajstić information content (AvgIpc) is 2.58. The Balaban J connectivity index is 1.72. The van der Waals surface area contributed by atoms with Crippen LogP contribution in [0.4, 0.5) is 10.1 Å². The number of carbonyl (C=O) groups excluding carboxylic acids is 1. The Morgan fingerprint density at radius 1 is 1.09 bits per heavy atom. The normalized spacial score (nSPS) is 15.3. The van der Waals surface area contributed by atoms with Gasteiger partial charge >= 0.3 is 0 Å². The molecule has 1 aliphatic heterocycles. The lowest BCUT2D eigenvalue weighted by molar-refractivity contribution is 0.102. The minimum Gasteiger partial charge on any atom is -0.321 e. The van der Waals surface area contributed by atoms with E-state index in [-0.39, 0.29) is 11.7 Å². The summed E-state index contributed by atoms with van der Waals surface area (Å²) in [5.74, 6) is -0.588. The van der Waals surface area contributed by atoms with Gasteiger partial charge in [0, 0.05) is 36.6 Å². The van der Waals surface area contributed by atoms with Crippen molar-refractivity contribution in [2.45, 2.75) is 4.90 Å². The second-order valence-corrected chi connectivity index (χ2v) is 6.37. The Bertz CT molecular complexity index is 672. The summed E-state index contributed by atoms with van der Waals surface area (Å²) in [6.45, 7) is 3.87. The van der Waals surface area contributed by atoms with Crippen molar-refractivity contribution in [1.82, 2.24) is 9.62 Å². The van der Waals surface area contributed by atoms with Gasteiger partial charge in [0.2, 0.25) is 0 Å². The van der Waals surface area contributed by atoms with Crippen LogP contribution in [0.1, 0.15) is 10.4 Å². The van der Waals surface area contributed by atoms with Gasteiger partial charge in [0.1, 0.15) is 5.82 Å². The molecule has 3 rings (SSSR count). The van der Waals surface area contributed by atoms with E-state index in [1.165, 1.54) is 24.3 Å². The molecule has 0 radical (unpaired) electrons. The summed E-state index contributed by atoms with van der Waals surface area (Å²) in [7, 11) is 0. The summed E-state index contributed by atoms with van der Waals surface area (Å²) in [6.07, 6.45) is 0. The van der Waals surface area contributed by atoms with E-state index >= 15 is 0 Å². The summed E-state index contributed by atoms with van der Waals surface area (Å²) < 4.78 is 15.2.